The van der Waals surface area contributed by atoms with Gasteiger partial charge in [0.1, 0.15) is 0 Å². The molecule has 0 aliphatic heterocycles. The molecule has 0 aromatic heterocycles. The topological polar surface area (TPSA) is 116 Å². The summed E-state index contributed by atoms with van der Waals surface area (Å²) in [6.07, 6.45) is -0.412. The van der Waals surface area contributed by atoms with Crippen LogP contribution in [0.5, 0.6) is 0 Å². The second kappa shape index (κ2) is 7.36. The number of methoxy groups -OCH3 is 2. The van der Waals surface area contributed by atoms with Crippen molar-refractivity contribution in [2.24, 2.45) is 5.92 Å². The largest absolute Gasteiger partial charge is 0.733 e. The molecule has 114 valence electrons. The number of anilines is 1. The lowest BCUT2D eigenvalue weighted by molar-refractivity contribution is -0.161. The van der Waals surface area contributed by atoms with E-state index in [9.17, 15) is 19.6 Å². The van der Waals surface area contributed by atoms with Crippen molar-refractivity contribution >= 4 is 23.4 Å². The first-order valence-corrected chi connectivity index (χ1v) is 5.84. The monoisotopic (exact) mass is 296 g/mol. The number of carbonyl (C=O) groups excluding carboxylic acids is 3. The number of rotatable bonds is 6. The fourth-order valence-electron chi connectivity index (χ4n) is 1.73. The van der Waals surface area contributed by atoms with Gasteiger partial charge in [-0.2, -0.15) is 0 Å². The van der Waals surface area contributed by atoms with Gasteiger partial charge >= 0.3 is 11.9 Å². The van der Waals surface area contributed by atoms with Gasteiger partial charge in [0.25, 0.3) is 0 Å². The van der Waals surface area contributed by atoms with Crippen LogP contribution in [0.2, 0.25) is 0 Å². The summed E-state index contributed by atoms with van der Waals surface area (Å²) >= 11 is 0. The Labute approximate surface area is 120 Å². The van der Waals surface area contributed by atoms with Gasteiger partial charge in [-0.15, -0.1) is 0 Å². The van der Waals surface area contributed by atoms with Crippen LogP contribution in [-0.2, 0) is 30.3 Å². The summed E-state index contributed by atoms with van der Waals surface area (Å²) in [5, 5.41) is 19.5. The van der Waals surface area contributed by atoms with E-state index in [1.54, 1.807) is 6.07 Å². The molecule has 0 aliphatic rings. The molecule has 8 heteroatoms. The summed E-state index contributed by atoms with van der Waals surface area (Å²) in [5.74, 6) is -4.63. The molecule has 0 amide bonds. The molecule has 0 bridgehead atoms. The Kier molecular flexibility index (Phi) is 5.82. The SMILES string of the molecule is COC(=O)C(C(=O)Cc1ccccc1N([O-])O)C(=O)OC. The van der Waals surface area contributed by atoms with Gasteiger partial charge in [-0.3, -0.25) is 19.6 Å². The highest BCUT2D eigenvalue weighted by molar-refractivity contribution is 6.15. The van der Waals surface area contributed by atoms with Crippen LogP contribution >= 0.6 is 0 Å². The molecule has 0 aliphatic carbocycles. The van der Waals surface area contributed by atoms with Gasteiger partial charge in [-0.05, 0) is 11.6 Å². The fourth-order valence-corrected chi connectivity index (χ4v) is 1.73. The van der Waals surface area contributed by atoms with Crippen molar-refractivity contribution in [2.75, 3.05) is 19.4 Å². The number of hydrogen-bond donors (Lipinski definition) is 1. The lowest BCUT2D eigenvalue weighted by Crippen LogP contribution is -2.35. The van der Waals surface area contributed by atoms with Crippen molar-refractivity contribution in [1.82, 2.24) is 0 Å². The van der Waals surface area contributed by atoms with E-state index in [0.29, 0.717) is 0 Å². The van der Waals surface area contributed by atoms with Crippen LogP contribution in [0.25, 0.3) is 0 Å². The first kappa shape index (κ1) is 16.6. The lowest BCUT2D eigenvalue weighted by atomic mass is 9.97. The van der Waals surface area contributed by atoms with Gasteiger partial charge in [-0.1, -0.05) is 18.2 Å². The molecule has 0 radical (unpaired) electrons. The number of carbonyl (C=O) groups is 3. The number of benzene rings is 1. The molecule has 0 saturated heterocycles. The summed E-state index contributed by atoms with van der Waals surface area (Å²) in [6, 6.07) is 5.74. The number of hydrogen-bond acceptors (Lipinski definition) is 8. The Bertz CT molecular complexity index is 525. The van der Waals surface area contributed by atoms with E-state index in [1.165, 1.54) is 18.2 Å². The van der Waals surface area contributed by atoms with Gasteiger partial charge < -0.3 is 19.9 Å². The van der Waals surface area contributed by atoms with Crippen molar-refractivity contribution in [1.29, 1.82) is 0 Å². The van der Waals surface area contributed by atoms with Gasteiger partial charge in [0.05, 0.1) is 19.9 Å². The van der Waals surface area contributed by atoms with Crippen LogP contribution in [0.3, 0.4) is 0 Å². The standard InChI is InChI=1S/C13H14NO7/c1-20-12(16)11(13(17)21-2)10(15)7-8-5-3-4-6-9(8)14(18)19/h3-6,11,18H,7H2,1-2H3/q-1. The fraction of sp³-hybridized carbons (Fsp3) is 0.308. The highest BCUT2D eigenvalue weighted by Crippen LogP contribution is 2.20. The zero-order chi connectivity index (χ0) is 16.0. The third-order valence-corrected chi connectivity index (χ3v) is 2.76. The lowest BCUT2D eigenvalue weighted by Gasteiger charge is -2.24. The molecular formula is C13H14NO7-. The second-order valence-corrected chi connectivity index (χ2v) is 4.02. The van der Waals surface area contributed by atoms with Crippen LogP contribution in [0.15, 0.2) is 24.3 Å². The summed E-state index contributed by atoms with van der Waals surface area (Å²) in [6.45, 7) is 0. The van der Waals surface area contributed by atoms with E-state index in [2.05, 4.69) is 9.47 Å². The highest BCUT2D eigenvalue weighted by atomic mass is 16.8. The summed E-state index contributed by atoms with van der Waals surface area (Å²) in [7, 11) is 2.07. The average molecular weight is 296 g/mol. The van der Waals surface area contributed by atoms with Crippen molar-refractivity contribution in [3.63, 3.8) is 0 Å². The first-order chi connectivity index (χ1) is 9.92. The second-order valence-electron chi connectivity index (χ2n) is 4.02. The van der Waals surface area contributed by atoms with Crippen LogP contribution in [0, 0.1) is 11.1 Å². The van der Waals surface area contributed by atoms with E-state index in [0.717, 1.165) is 14.2 Å². The zero-order valence-corrected chi connectivity index (χ0v) is 11.4. The maximum absolute atomic E-state index is 12.1. The number of para-hydroxylation sites is 1. The molecule has 8 nitrogen and oxygen atoms in total. The van der Waals surface area contributed by atoms with E-state index < -0.39 is 35.3 Å². The third-order valence-electron chi connectivity index (χ3n) is 2.76. The van der Waals surface area contributed by atoms with Crippen LogP contribution in [0.1, 0.15) is 5.56 Å². The van der Waals surface area contributed by atoms with Crippen molar-refractivity contribution < 1.29 is 29.1 Å². The molecule has 1 aromatic rings. The zero-order valence-electron chi connectivity index (χ0n) is 11.4. The summed E-state index contributed by atoms with van der Waals surface area (Å²) < 4.78 is 8.78. The molecule has 0 spiro atoms. The molecule has 0 unspecified atom stereocenters. The number of ketones is 1. The van der Waals surface area contributed by atoms with Crippen LogP contribution in [-0.4, -0.2) is 37.1 Å². The number of Topliss-reactive ketones (excluding diaryl/α,β-unsaturated/α-hetero) is 1. The molecule has 0 saturated carbocycles. The van der Waals surface area contributed by atoms with Crippen LogP contribution in [0.4, 0.5) is 5.69 Å². The minimum Gasteiger partial charge on any atom is -0.733 e. The smallest absolute Gasteiger partial charge is 0.327 e. The molecule has 0 heterocycles. The molecule has 21 heavy (non-hydrogen) atoms. The Morgan fingerprint density at radius 1 is 1.19 bits per heavy atom. The molecule has 0 fully saturated rings. The minimum atomic E-state index is -1.73. The van der Waals surface area contributed by atoms with Gasteiger partial charge in [0.2, 0.25) is 5.92 Å². The van der Waals surface area contributed by atoms with E-state index in [4.69, 9.17) is 5.21 Å². The van der Waals surface area contributed by atoms with E-state index in [-0.39, 0.29) is 11.3 Å². The third kappa shape index (κ3) is 4.01. The van der Waals surface area contributed by atoms with Gasteiger partial charge in [0.15, 0.2) is 5.78 Å². The Hall–Kier alpha value is -2.45. The summed E-state index contributed by atoms with van der Waals surface area (Å²) in [5.41, 5.74) is 0.0112. The van der Waals surface area contributed by atoms with E-state index >= 15 is 0 Å². The summed E-state index contributed by atoms with van der Waals surface area (Å²) in [4.78, 5) is 35.1. The van der Waals surface area contributed by atoms with Crippen LogP contribution < -0.4 is 5.23 Å². The predicted molar refractivity (Wildman–Crippen MR) is 70.3 cm³/mol. The first-order valence-electron chi connectivity index (χ1n) is 5.84. The molecular weight excluding hydrogens is 282 g/mol. The average Bonchev–Trinajstić information content (AvgIpc) is 2.47. The molecule has 1 rings (SSSR count). The highest BCUT2D eigenvalue weighted by Gasteiger charge is 2.36. The molecule has 0 atom stereocenters. The van der Waals surface area contributed by atoms with Crippen molar-refractivity contribution in [3.8, 4) is 0 Å². The number of esters is 2. The van der Waals surface area contributed by atoms with Gasteiger partial charge in [-0.25, -0.2) is 0 Å². The number of nitrogens with zero attached hydrogens (tertiary/aromatic N) is 1. The van der Waals surface area contributed by atoms with Gasteiger partial charge in [0, 0.05) is 6.42 Å². The Morgan fingerprint density at radius 2 is 1.71 bits per heavy atom. The van der Waals surface area contributed by atoms with Crippen molar-refractivity contribution in [2.45, 2.75) is 6.42 Å². The minimum absolute atomic E-state index is 0.153. The van der Waals surface area contributed by atoms with E-state index in [1.807, 2.05) is 0 Å². The molecule has 1 N–H and O–H groups in total. The Morgan fingerprint density at radius 3 is 2.19 bits per heavy atom. The quantitative estimate of drug-likeness (QED) is 0.457. The maximum atomic E-state index is 12.1. The Balaban J connectivity index is 3.02. The normalized spacial score (nSPS) is 10.1. The maximum Gasteiger partial charge on any atom is 0.327 e. The number of ether oxygens (including phenoxy) is 2. The predicted octanol–water partition coefficient (Wildman–Crippen LogP) is 0.454. The van der Waals surface area contributed by atoms with Crippen molar-refractivity contribution in [3.05, 3.63) is 35.0 Å². The molecule has 1 aromatic carbocycles.